The van der Waals surface area contributed by atoms with Gasteiger partial charge in [-0.15, -0.1) is 0 Å². The topological polar surface area (TPSA) is 200 Å². The molecule has 0 aromatic heterocycles. The van der Waals surface area contributed by atoms with Gasteiger partial charge in [0.1, 0.15) is 17.8 Å². The van der Waals surface area contributed by atoms with E-state index in [0.717, 1.165) is 22.3 Å². The van der Waals surface area contributed by atoms with Crippen LogP contribution in [0.4, 0.5) is 0 Å². The van der Waals surface area contributed by atoms with Crippen LogP contribution in [0.25, 0.3) is 0 Å². The zero-order valence-corrected chi connectivity index (χ0v) is 27.6. The first-order chi connectivity index (χ1) is 21.9. The second kappa shape index (κ2) is 20.1. The van der Waals surface area contributed by atoms with E-state index in [9.17, 15) is 29.1 Å². The van der Waals surface area contributed by atoms with Gasteiger partial charge in [-0.3, -0.25) is 24.0 Å². The number of aliphatic carboxylic acids is 1. The van der Waals surface area contributed by atoms with Crippen LogP contribution < -0.4 is 27.0 Å². The van der Waals surface area contributed by atoms with Crippen molar-refractivity contribution in [2.24, 2.45) is 5.73 Å². The minimum atomic E-state index is -0.941. The molecule has 8 N–H and O–H groups in total. The molecule has 0 unspecified atom stereocenters. The number of hydrogen-bond donors (Lipinski definition) is 7. The number of carbonyl (C=O) groups excluding carboxylic acids is 4. The first-order valence-corrected chi connectivity index (χ1v) is 16.7. The maximum absolute atomic E-state index is 13.1. The minimum absolute atomic E-state index is 0.0696. The lowest BCUT2D eigenvalue weighted by Gasteiger charge is -2.22. The average molecular weight is 658 g/mol. The van der Waals surface area contributed by atoms with Crippen LogP contribution in [0.3, 0.4) is 0 Å². The lowest BCUT2D eigenvalue weighted by molar-refractivity contribution is -0.137. The zero-order chi connectivity index (χ0) is 34.1. The second-order valence-corrected chi connectivity index (χ2v) is 12.2. The van der Waals surface area contributed by atoms with E-state index in [1.807, 2.05) is 50.4 Å². The fourth-order valence-electron chi connectivity index (χ4n) is 4.90. The Labute approximate surface area is 274 Å². The van der Waals surface area contributed by atoms with Gasteiger partial charge in [0.15, 0.2) is 0 Å². The summed E-state index contributed by atoms with van der Waals surface area (Å²) >= 11 is 1.50. The fraction of sp³-hybridized carbons (Fsp3) is 0.485. The zero-order valence-electron chi connectivity index (χ0n) is 26.8. The Morgan fingerprint density at radius 1 is 0.848 bits per heavy atom. The van der Waals surface area contributed by atoms with Gasteiger partial charge in [-0.1, -0.05) is 36.8 Å². The van der Waals surface area contributed by atoms with Gasteiger partial charge in [0.2, 0.25) is 23.6 Å². The number of rotatable bonds is 20. The van der Waals surface area contributed by atoms with E-state index in [0.29, 0.717) is 38.0 Å². The van der Waals surface area contributed by atoms with Crippen molar-refractivity contribution in [3.8, 4) is 5.75 Å². The largest absolute Gasteiger partial charge is 0.508 e. The fourth-order valence-corrected chi connectivity index (χ4v) is 5.37. The molecule has 0 fully saturated rings. The van der Waals surface area contributed by atoms with Gasteiger partial charge in [0.05, 0.1) is 12.6 Å². The maximum atomic E-state index is 13.1. The average Bonchev–Trinajstić information content (AvgIpc) is 3.01. The molecule has 2 rings (SSSR count). The van der Waals surface area contributed by atoms with Crippen LogP contribution in [0.5, 0.6) is 5.75 Å². The Balaban J connectivity index is 1.97. The molecule has 0 saturated heterocycles. The van der Waals surface area contributed by atoms with E-state index in [-0.39, 0.29) is 30.9 Å². The normalized spacial score (nSPS) is 12.8. The number of carboxylic acid groups (broad SMARTS) is 1. The third kappa shape index (κ3) is 13.9. The number of aromatic hydroxyl groups is 1. The number of carbonyl (C=O) groups is 5. The molecule has 2 aromatic carbocycles. The van der Waals surface area contributed by atoms with E-state index in [2.05, 4.69) is 21.3 Å². The number of thioether (sulfide) groups is 1. The van der Waals surface area contributed by atoms with Gasteiger partial charge in [-0.25, -0.2) is 0 Å². The van der Waals surface area contributed by atoms with Gasteiger partial charge in [-0.05, 0) is 85.9 Å². The lowest BCUT2D eigenvalue weighted by atomic mass is 9.96. The third-order valence-corrected chi connectivity index (χ3v) is 8.05. The van der Waals surface area contributed by atoms with Crippen molar-refractivity contribution in [3.63, 3.8) is 0 Å². The predicted molar refractivity (Wildman–Crippen MR) is 178 cm³/mol. The molecule has 0 radical (unpaired) electrons. The van der Waals surface area contributed by atoms with Crippen molar-refractivity contribution < 1.29 is 34.2 Å². The summed E-state index contributed by atoms with van der Waals surface area (Å²) < 4.78 is 0. The summed E-state index contributed by atoms with van der Waals surface area (Å²) in [6.07, 6.45) is 4.46. The molecule has 252 valence electrons. The Bertz CT molecular complexity index is 1300. The van der Waals surface area contributed by atoms with Crippen molar-refractivity contribution in [1.29, 1.82) is 0 Å². The molecule has 13 heteroatoms. The molecule has 0 spiro atoms. The Kier molecular flexibility index (Phi) is 16.7. The highest BCUT2D eigenvalue weighted by molar-refractivity contribution is 7.98. The highest BCUT2D eigenvalue weighted by Crippen LogP contribution is 2.22. The van der Waals surface area contributed by atoms with Crippen LogP contribution in [0.2, 0.25) is 0 Å². The number of unbranched alkanes of at least 4 members (excludes halogenated alkanes) is 2. The van der Waals surface area contributed by atoms with E-state index in [4.69, 9.17) is 10.8 Å². The number of nitrogens with two attached hydrogens (primary N) is 1. The van der Waals surface area contributed by atoms with Crippen LogP contribution in [-0.4, -0.2) is 83.0 Å². The van der Waals surface area contributed by atoms with Crippen molar-refractivity contribution in [3.05, 3.63) is 64.7 Å². The Morgan fingerprint density at radius 2 is 1.50 bits per heavy atom. The summed E-state index contributed by atoms with van der Waals surface area (Å²) in [6.45, 7) is 3.58. The van der Waals surface area contributed by atoms with Crippen molar-refractivity contribution in [2.45, 2.75) is 76.9 Å². The molecule has 0 bridgehead atoms. The van der Waals surface area contributed by atoms with Crippen LogP contribution in [0, 0.1) is 13.8 Å². The van der Waals surface area contributed by atoms with Gasteiger partial charge < -0.3 is 37.2 Å². The molecule has 4 amide bonds. The molecule has 0 aliphatic carbocycles. The summed E-state index contributed by atoms with van der Waals surface area (Å²) in [5, 5.41) is 29.4. The lowest BCUT2D eigenvalue weighted by Crippen LogP contribution is -2.54. The third-order valence-electron chi connectivity index (χ3n) is 7.41. The Hall–Kier alpha value is -4.10. The molecule has 2 aromatic rings. The van der Waals surface area contributed by atoms with Crippen molar-refractivity contribution in [2.75, 3.05) is 25.1 Å². The summed E-state index contributed by atoms with van der Waals surface area (Å²) in [5.41, 5.74) is 9.49. The van der Waals surface area contributed by atoms with Crippen LogP contribution in [-0.2, 0) is 36.8 Å². The van der Waals surface area contributed by atoms with E-state index >= 15 is 0 Å². The SMILES string of the molecule is CSCC[C@H](NC(=O)[C@@H](N)Cc1c(C)cc(O)cc1C)C(=O)NCC(=O)N[C@@H](Cc1ccccc1)C(=O)NCCCCCC(=O)O. The summed E-state index contributed by atoms with van der Waals surface area (Å²) in [5.74, 6) is -2.18. The minimum Gasteiger partial charge on any atom is -0.508 e. The number of amides is 4. The molecule has 46 heavy (non-hydrogen) atoms. The number of aryl methyl sites for hydroxylation is 2. The monoisotopic (exact) mass is 657 g/mol. The van der Waals surface area contributed by atoms with E-state index in [1.165, 1.54) is 11.8 Å². The van der Waals surface area contributed by atoms with Crippen molar-refractivity contribution >= 4 is 41.4 Å². The highest BCUT2D eigenvalue weighted by atomic mass is 32.2. The maximum Gasteiger partial charge on any atom is 0.303 e. The van der Waals surface area contributed by atoms with Gasteiger partial charge >= 0.3 is 5.97 Å². The number of phenolic OH excluding ortho intramolecular Hbond substituents is 1. The van der Waals surface area contributed by atoms with Gasteiger partial charge in [0.25, 0.3) is 0 Å². The Morgan fingerprint density at radius 3 is 2.13 bits per heavy atom. The van der Waals surface area contributed by atoms with Crippen molar-refractivity contribution in [1.82, 2.24) is 21.3 Å². The molecule has 12 nitrogen and oxygen atoms in total. The summed E-state index contributed by atoms with van der Waals surface area (Å²) in [7, 11) is 0. The first-order valence-electron chi connectivity index (χ1n) is 15.4. The quantitative estimate of drug-likeness (QED) is 0.104. The van der Waals surface area contributed by atoms with Crippen LogP contribution >= 0.6 is 11.8 Å². The van der Waals surface area contributed by atoms with Gasteiger partial charge in [-0.2, -0.15) is 11.8 Å². The summed E-state index contributed by atoms with van der Waals surface area (Å²) in [6, 6.07) is 9.63. The molecule has 3 atom stereocenters. The number of phenols is 1. The number of carboxylic acids is 1. The predicted octanol–water partition coefficient (Wildman–Crippen LogP) is 1.72. The first kappa shape index (κ1) is 38.1. The summed E-state index contributed by atoms with van der Waals surface area (Å²) in [4.78, 5) is 62.7. The molecule has 0 aliphatic heterocycles. The molecular weight excluding hydrogens is 610 g/mol. The van der Waals surface area contributed by atoms with E-state index in [1.54, 1.807) is 12.1 Å². The van der Waals surface area contributed by atoms with Gasteiger partial charge in [0, 0.05) is 19.4 Å². The molecule has 0 heterocycles. The smallest absolute Gasteiger partial charge is 0.303 e. The van der Waals surface area contributed by atoms with E-state index < -0.39 is 48.4 Å². The molecule has 0 aliphatic rings. The number of nitrogens with one attached hydrogen (secondary N) is 4. The molecular formula is C33H47N5O7S. The highest BCUT2D eigenvalue weighted by Gasteiger charge is 2.26. The standard InChI is InChI=1S/C33H47N5O7S/c1-21-16-24(39)17-22(2)25(21)19-26(34)31(43)38-27(13-15-46-3)32(44)36-20-29(40)37-28(18-23-10-6-4-7-11-23)33(45)35-14-9-5-8-12-30(41)42/h4,6-7,10-11,16-17,26-28,39H,5,8-9,12-15,18-20,34H2,1-3H3,(H,35,45)(H,36,44)(H,37,40)(H,38,43)(H,41,42)/t26-,27-,28-/m0/s1. The molecule has 0 saturated carbocycles. The van der Waals surface area contributed by atoms with Crippen LogP contribution in [0.15, 0.2) is 42.5 Å². The van der Waals surface area contributed by atoms with Crippen LogP contribution in [0.1, 0.15) is 54.4 Å². The second-order valence-electron chi connectivity index (χ2n) is 11.2. The number of benzene rings is 2. The number of hydrogen-bond acceptors (Lipinski definition) is 8.